The van der Waals surface area contributed by atoms with E-state index in [2.05, 4.69) is 4.98 Å². The van der Waals surface area contributed by atoms with E-state index >= 15 is 0 Å². The first-order chi connectivity index (χ1) is 9.61. The number of ether oxygens (including phenoxy) is 1. The van der Waals surface area contributed by atoms with Gasteiger partial charge in [-0.25, -0.2) is 4.39 Å². The summed E-state index contributed by atoms with van der Waals surface area (Å²) in [6.07, 6.45) is 1.67. The van der Waals surface area contributed by atoms with E-state index in [9.17, 15) is 9.18 Å². The highest BCUT2D eigenvalue weighted by Crippen LogP contribution is 2.18. The maximum atomic E-state index is 13.6. The molecule has 4 nitrogen and oxygen atoms in total. The minimum atomic E-state index is -0.551. The number of aromatic nitrogens is 1. The number of hydrogen-bond acceptors (Lipinski definition) is 3. The number of carbonyl (C=O) groups excluding carboxylic acids is 1. The van der Waals surface area contributed by atoms with Crippen LogP contribution in [0.1, 0.15) is 16.1 Å². The number of carbonyl (C=O) groups is 1. The Bertz CT molecular complexity index is 602. The second-order valence-electron chi connectivity index (χ2n) is 4.33. The lowest BCUT2D eigenvalue weighted by Gasteiger charge is -2.17. The largest absolute Gasteiger partial charge is 0.494 e. The molecular formula is C15H15FN2O2. The molecule has 0 unspecified atom stereocenters. The van der Waals surface area contributed by atoms with Gasteiger partial charge >= 0.3 is 0 Å². The highest BCUT2D eigenvalue weighted by molar-refractivity contribution is 5.94. The van der Waals surface area contributed by atoms with Gasteiger partial charge in [0.25, 0.3) is 5.91 Å². The SMILES string of the molecule is COc1ccc(C(=O)N(C)Cc2ccccn2)cc1F. The molecule has 5 heteroatoms. The number of amides is 1. The predicted octanol–water partition coefficient (Wildman–Crippen LogP) is 2.50. The third-order valence-corrected chi connectivity index (χ3v) is 2.87. The van der Waals surface area contributed by atoms with Gasteiger partial charge in [0.15, 0.2) is 11.6 Å². The van der Waals surface area contributed by atoms with Crippen molar-refractivity contribution in [3.8, 4) is 5.75 Å². The fraction of sp³-hybridized carbons (Fsp3) is 0.200. The van der Waals surface area contributed by atoms with Crippen LogP contribution in [0.5, 0.6) is 5.75 Å². The van der Waals surface area contributed by atoms with Crippen molar-refractivity contribution in [3.05, 3.63) is 59.7 Å². The first-order valence-corrected chi connectivity index (χ1v) is 6.10. The Kier molecular flexibility index (Phi) is 4.30. The number of hydrogen-bond donors (Lipinski definition) is 0. The van der Waals surface area contributed by atoms with Gasteiger partial charge in [-0.3, -0.25) is 9.78 Å². The quantitative estimate of drug-likeness (QED) is 0.860. The molecule has 0 N–H and O–H groups in total. The summed E-state index contributed by atoms with van der Waals surface area (Å²) in [7, 11) is 3.03. The molecule has 0 saturated heterocycles. The van der Waals surface area contributed by atoms with Crippen LogP contribution in [0, 0.1) is 5.82 Å². The van der Waals surface area contributed by atoms with E-state index in [4.69, 9.17) is 4.74 Å². The molecular weight excluding hydrogens is 259 g/mol. The van der Waals surface area contributed by atoms with Crippen LogP contribution >= 0.6 is 0 Å². The van der Waals surface area contributed by atoms with E-state index in [1.165, 1.54) is 24.1 Å². The van der Waals surface area contributed by atoms with E-state index in [0.717, 1.165) is 5.69 Å². The second-order valence-corrected chi connectivity index (χ2v) is 4.33. The molecule has 2 aromatic rings. The fourth-order valence-electron chi connectivity index (χ4n) is 1.83. The summed E-state index contributed by atoms with van der Waals surface area (Å²) in [5.74, 6) is -0.698. The zero-order valence-electron chi connectivity index (χ0n) is 11.3. The van der Waals surface area contributed by atoms with Crippen LogP contribution in [-0.2, 0) is 6.54 Å². The van der Waals surface area contributed by atoms with Crippen molar-refractivity contribution < 1.29 is 13.9 Å². The molecule has 1 aromatic carbocycles. The first kappa shape index (κ1) is 14.0. The summed E-state index contributed by atoms with van der Waals surface area (Å²) in [5.41, 5.74) is 1.05. The third-order valence-electron chi connectivity index (χ3n) is 2.87. The van der Waals surface area contributed by atoms with Crippen LogP contribution < -0.4 is 4.74 Å². The predicted molar refractivity (Wildman–Crippen MR) is 73.0 cm³/mol. The van der Waals surface area contributed by atoms with Crippen molar-refractivity contribution in [3.63, 3.8) is 0 Å². The zero-order chi connectivity index (χ0) is 14.5. The summed E-state index contributed by atoms with van der Waals surface area (Å²) in [6.45, 7) is 0.368. The Morgan fingerprint density at radius 1 is 1.35 bits per heavy atom. The number of rotatable bonds is 4. The smallest absolute Gasteiger partial charge is 0.254 e. The van der Waals surface area contributed by atoms with Crippen LogP contribution in [0.4, 0.5) is 4.39 Å². The maximum Gasteiger partial charge on any atom is 0.254 e. The van der Waals surface area contributed by atoms with Crippen LogP contribution in [0.3, 0.4) is 0 Å². The van der Waals surface area contributed by atoms with Crippen molar-refractivity contribution in [2.45, 2.75) is 6.54 Å². The molecule has 0 spiro atoms. The Morgan fingerprint density at radius 3 is 2.75 bits per heavy atom. The highest BCUT2D eigenvalue weighted by atomic mass is 19.1. The monoisotopic (exact) mass is 274 g/mol. The van der Waals surface area contributed by atoms with Crippen molar-refractivity contribution in [1.82, 2.24) is 9.88 Å². The summed E-state index contributed by atoms with van der Waals surface area (Å²) in [4.78, 5) is 17.8. The van der Waals surface area contributed by atoms with Gasteiger partial charge in [0.05, 0.1) is 19.3 Å². The molecule has 1 heterocycles. The Hall–Kier alpha value is -2.43. The van der Waals surface area contributed by atoms with Crippen molar-refractivity contribution >= 4 is 5.91 Å². The molecule has 20 heavy (non-hydrogen) atoms. The Morgan fingerprint density at radius 2 is 2.15 bits per heavy atom. The summed E-state index contributed by atoms with van der Waals surface area (Å²) in [6, 6.07) is 9.66. The molecule has 0 aliphatic carbocycles. The zero-order valence-corrected chi connectivity index (χ0v) is 11.3. The van der Waals surface area contributed by atoms with E-state index in [1.807, 2.05) is 18.2 Å². The fourth-order valence-corrected chi connectivity index (χ4v) is 1.83. The lowest BCUT2D eigenvalue weighted by molar-refractivity contribution is 0.0783. The molecule has 0 bridgehead atoms. The Labute approximate surface area is 116 Å². The molecule has 0 atom stereocenters. The minimum Gasteiger partial charge on any atom is -0.494 e. The summed E-state index contributed by atoms with van der Waals surface area (Å²) >= 11 is 0. The molecule has 0 aliphatic rings. The van der Waals surface area contributed by atoms with Gasteiger partial charge in [-0.05, 0) is 30.3 Å². The van der Waals surface area contributed by atoms with Crippen LogP contribution in [0.2, 0.25) is 0 Å². The molecule has 2 rings (SSSR count). The molecule has 1 aromatic heterocycles. The van der Waals surface area contributed by atoms with Gasteiger partial charge in [0.1, 0.15) is 0 Å². The van der Waals surface area contributed by atoms with E-state index in [0.29, 0.717) is 6.54 Å². The van der Waals surface area contributed by atoms with Crippen molar-refractivity contribution in [2.75, 3.05) is 14.2 Å². The number of benzene rings is 1. The molecule has 104 valence electrons. The van der Waals surface area contributed by atoms with Crippen molar-refractivity contribution in [2.24, 2.45) is 0 Å². The molecule has 1 amide bonds. The standard InChI is InChI=1S/C15H15FN2O2/c1-18(10-12-5-3-4-8-17-12)15(19)11-6-7-14(20-2)13(16)9-11/h3-9H,10H2,1-2H3. The van der Waals surface area contributed by atoms with Crippen LogP contribution in [-0.4, -0.2) is 29.9 Å². The van der Waals surface area contributed by atoms with Crippen LogP contribution in [0.15, 0.2) is 42.6 Å². The number of halogens is 1. The Balaban J connectivity index is 2.12. The lowest BCUT2D eigenvalue weighted by atomic mass is 10.2. The topological polar surface area (TPSA) is 42.4 Å². The maximum absolute atomic E-state index is 13.6. The average Bonchev–Trinajstić information content (AvgIpc) is 2.47. The van der Waals surface area contributed by atoms with E-state index in [1.54, 1.807) is 19.3 Å². The number of pyridine rings is 1. The molecule has 0 aliphatic heterocycles. The normalized spacial score (nSPS) is 10.2. The molecule has 0 fully saturated rings. The van der Waals surface area contributed by atoms with Gasteiger partial charge in [0, 0.05) is 18.8 Å². The second kappa shape index (κ2) is 6.14. The van der Waals surface area contributed by atoms with Gasteiger partial charge in [-0.1, -0.05) is 6.07 Å². The van der Waals surface area contributed by atoms with Crippen molar-refractivity contribution in [1.29, 1.82) is 0 Å². The molecule has 0 saturated carbocycles. The van der Waals surface area contributed by atoms with Gasteiger partial charge in [-0.2, -0.15) is 0 Å². The minimum absolute atomic E-state index is 0.119. The van der Waals surface area contributed by atoms with Gasteiger partial charge in [0.2, 0.25) is 0 Å². The molecule has 0 radical (unpaired) electrons. The summed E-state index contributed by atoms with van der Waals surface area (Å²) < 4.78 is 18.4. The van der Waals surface area contributed by atoms with E-state index < -0.39 is 5.82 Å². The summed E-state index contributed by atoms with van der Waals surface area (Å²) in [5, 5.41) is 0. The first-order valence-electron chi connectivity index (χ1n) is 6.10. The van der Waals surface area contributed by atoms with Gasteiger partial charge in [-0.15, -0.1) is 0 Å². The van der Waals surface area contributed by atoms with E-state index in [-0.39, 0.29) is 17.2 Å². The highest BCUT2D eigenvalue weighted by Gasteiger charge is 2.14. The average molecular weight is 274 g/mol. The third kappa shape index (κ3) is 3.12. The number of methoxy groups -OCH3 is 1. The lowest BCUT2D eigenvalue weighted by Crippen LogP contribution is -2.26. The number of nitrogens with zero attached hydrogens (tertiary/aromatic N) is 2. The van der Waals surface area contributed by atoms with Gasteiger partial charge < -0.3 is 9.64 Å². The van der Waals surface area contributed by atoms with Crippen LogP contribution in [0.25, 0.3) is 0 Å².